The minimum Gasteiger partial charge on any atom is -0.490 e. The van der Waals surface area contributed by atoms with E-state index in [9.17, 15) is 9.59 Å². The molecule has 3 rings (SSSR count). The summed E-state index contributed by atoms with van der Waals surface area (Å²) in [5.41, 5.74) is 3.50. The molecule has 1 N–H and O–H groups in total. The van der Waals surface area contributed by atoms with E-state index in [1.807, 2.05) is 45.9 Å². The fourth-order valence-corrected chi connectivity index (χ4v) is 4.41. The molecule has 7 heteroatoms. The number of rotatable bonds is 7. The van der Waals surface area contributed by atoms with Crippen LogP contribution in [-0.2, 0) is 4.79 Å². The van der Waals surface area contributed by atoms with Gasteiger partial charge in [0, 0.05) is 17.0 Å². The van der Waals surface area contributed by atoms with Crippen molar-refractivity contribution in [3.8, 4) is 11.5 Å². The molecule has 2 amide bonds. The van der Waals surface area contributed by atoms with Crippen molar-refractivity contribution in [1.29, 1.82) is 0 Å². The first-order valence-corrected chi connectivity index (χ1v) is 11.3. The van der Waals surface area contributed by atoms with Crippen molar-refractivity contribution >= 4 is 29.3 Å². The van der Waals surface area contributed by atoms with Crippen molar-refractivity contribution in [3.05, 3.63) is 53.1 Å². The number of hydrogen-bond acceptors (Lipinski definition) is 5. The SMILES string of the molecule is CCOc1ccc(C(=O)N2CSCC2C(=O)Nc2ccc(C)c(C)c2)cc1OCC. The van der Waals surface area contributed by atoms with Gasteiger partial charge < -0.3 is 19.7 Å². The quantitative estimate of drug-likeness (QED) is 0.714. The Morgan fingerprint density at radius 3 is 2.47 bits per heavy atom. The summed E-state index contributed by atoms with van der Waals surface area (Å²) in [6.07, 6.45) is 0. The van der Waals surface area contributed by atoms with Gasteiger partial charge in [0.15, 0.2) is 11.5 Å². The van der Waals surface area contributed by atoms with Crippen molar-refractivity contribution in [1.82, 2.24) is 4.90 Å². The third-order valence-electron chi connectivity index (χ3n) is 5.01. The van der Waals surface area contributed by atoms with Crippen molar-refractivity contribution < 1.29 is 19.1 Å². The molecule has 2 aromatic carbocycles. The van der Waals surface area contributed by atoms with Crippen LogP contribution in [0.3, 0.4) is 0 Å². The molecule has 1 heterocycles. The summed E-state index contributed by atoms with van der Waals surface area (Å²) in [5, 5.41) is 2.95. The van der Waals surface area contributed by atoms with Gasteiger partial charge in [-0.25, -0.2) is 0 Å². The number of nitrogens with zero attached hydrogens (tertiary/aromatic N) is 1. The summed E-state index contributed by atoms with van der Waals surface area (Å²) in [5.74, 6) is 1.82. The molecule has 0 aromatic heterocycles. The molecule has 1 aliphatic heterocycles. The first-order valence-electron chi connectivity index (χ1n) is 10.1. The number of carbonyl (C=O) groups is 2. The van der Waals surface area contributed by atoms with Gasteiger partial charge in [0.1, 0.15) is 6.04 Å². The van der Waals surface area contributed by atoms with Crippen LogP contribution in [0, 0.1) is 13.8 Å². The van der Waals surface area contributed by atoms with Gasteiger partial charge in [0.05, 0.1) is 19.1 Å². The average Bonchev–Trinajstić information content (AvgIpc) is 3.22. The van der Waals surface area contributed by atoms with Crippen LogP contribution < -0.4 is 14.8 Å². The summed E-state index contributed by atoms with van der Waals surface area (Å²) < 4.78 is 11.2. The number of nitrogens with one attached hydrogen (secondary N) is 1. The van der Waals surface area contributed by atoms with E-state index in [4.69, 9.17) is 9.47 Å². The lowest BCUT2D eigenvalue weighted by Gasteiger charge is -2.24. The Morgan fingerprint density at radius 2 is 1.77 bits per heavy atom. The van der Waals surface area contributed by atoms with E-state index < -0.39 is 6.04 Å². The van der Waals surface area contributed by atoms with E-state index in [-0.39, 0.29) is 11.8 Å². The molecule has 0 spiro atoms. The second-order valence-electron chi connectivity index (χ2n) is 7.11. The molecule has 0 saturated carbocycles. The van der Waals surface area contributed by atoms with Crippen LogP contribution in [-0.4, -0.2) is 47.6 Å². The number of hydrogen-bond donors (Lipinski definition) is 1. The number of thioether (sulfide) groups is 1. The fourth-order valence-electron chi connectivity index (χ4n) is 3.25. The van der Waals surface area contributed by atoms with E-state index >= 15 is 0 Å². The second-order valence-corrected chi connectivity index (χ2v) is 8.11. The summed E-state index contributed by atoms with van der Waals surface area (Å²) in [4.78, 5) is 27.7. The molecule has 0 aliphatic carbocycles. The Hall–Kier alpha value is -2.67. The standard InChI is InChI=1S/C23H28N2O4S/c1-5-28-20-10-8-17(12-21(20)29-6-2)23(27)25-14-30-13-19(25)22(26)24-18-9-7-15(3)16(4)11-18/h7-12,19H,5-6,13-14H2,1-4H3,(H,24,26). The lowest BCUT2D eigenvalue weighted by Crippen LogP contribution is -2.44. The van der Waals surface area contributed by atoms with Crippen LogP contribution in [0.25, 0.3) is 0 Å². The fraction of sp³-hybridized carbons (Fsp3) is 0.391. The lowest BCUT2D eigenvalue weighted by molar-refractivity contribution is -0.119. The van der Waals surface area contributed by atoms with Gasteiger partial charge in [0.25, 0.3) is 5.91 Å². The monoisotopic (exact) mass is 428 g/mol. The predicted octanol–water partition coefficient (Wildman–Crippen LogP) is 4.25. The number of anilines is 1. The zero-order valence-electron chi connectivity index (χ0n) is 17.9. The van der Waals surface area contributed by atoms with Crippen molar-refractivity contribution in [2.75, 3.05) is 30.2 Å². The maximum atomic E-state index is 13.2. The highest BCUT2D eigenvalue weighted by molar-refractivity contribution is 7.99. The zero-order chi connectivity index (χ0) is 21.7. The molecule has 1 fully saturated rings. The molecule has 160 valence electrons. The topological polar surface area (TPSA) is 67.9 Å². The number of benzene rings is 2. The molecular weight excluding hydrogens is 400 g/mol. The maximum Gasteiger partial charge on any atom is 0.255 e. The highest BCUT2D eigenvalue weighted by Crippen LogP contribution is 2.31. The number of aryl methyl sites for hydroxylation is 2. The van der Waals surface area contributed by atoms with Gasteiger partial charge in [0.2, 0.25) is 5.91 Å². The van der Waals surface area contributed by atoms with Crippen LogP contribution in [0.5, 0.6) is 11.5 Å². The highest BCUT2D eigenvalue weighted by atomic mass is 32.2. The van der Waals surface area contributed by atoms with Gasteiger partial charge in [-0.1, -0.05) is 6.07 Å². The normalized spacial score (nSPS) is 15.7. The van der Waals surface area contributed by atoms with Crippen molar-refractivity contribution in [2.24, 2.45) is 0 Å². The Kier molecular flexibility index (Phi) is 7.26. The largest absolute Gasteiger partial charge is 0.490 e. The Morgan fingerprint density at radius 1 is 1.03 bits per heavy atom. The molecule has 1 atom stereocenters. The van der Waals surface area contributed by atoms with Crippen LogP contribution in [0.4, 0.5) is 5.69 Å². The third kappa shape index (κ3) is 4.90. The van der Waals surface area contributed by atoms with Crippen molar-refractivity contribution in [3.63, 3.8) is 0 Å². The zero-order valence-corrected chi connectivity index (χ0v) is 18.7. The van der Waals surface area contributed by atoms with E-state index in [2.05, 4.69) is 5.32 Å². The predicted molar refractivity (Wildman–Crippen MR) is 121 cm³/mol. The van der Waals surface area contributed by atoms with Gasteiger partial charge in [-0.15, -0.1) is 11.8 Å². The minimum absolute atomic E-state index is 0.174. The summed E-state index contributed by atoms with van der Waals surface area (Å²) in [6.45, 7) is 8.80. The van der Waals surface area contributed by atoms with E-state index in [1.54, 1.807) is 34.9 Å². The summed E-state index contributed by atoms with van der Waals surface area (Å²) >= 11 is 1.57. The minimum atomic E-state index is -0.522. The van der Waals surface area contributed by atoms with Crippen molar-refractivity contribution in [2.45, 2.75) is 33.7 Å². The maximum absolute atomic E-state index is 13.2. The van der Waals surface area contributed by atoms with E-state index in [0.717, 1.165) is 11.3 Å². The molecule has 6 nitrogen and oxygen atoms in total. The van der Waals surface area contributed by atoms with Gasteiger partial charge in [-0.05, 0) is 69.2 Å². The van der Waals surface area contributed by atoms with Gasteiger partial charge >= 0.3 is 0 Å². The first kappa shape index (κ1) is 22.0. The van der Waals surface area contributed by atoms with E-state index in [1.165, 1.54) is 5.56 Å². The number of carbonyl (C=O) groups excluding carboxylic acids is 2. The Balaban J connectivity index is 1.77. The second kappa shape index (κ2) is 9.89. The Labute approximate surface area is 181 Å². The van der Waals surface area contributed by atoms with Crippen LogP contribution in [0.2, 0.25) is 0 Å². The van der Waals surface area contributed by atoms with Crippen LogP contribution in [0.1, 0.15) is 35.3 Å². The first-order chi connectivity index (χ1) is 14.4. The molecule has 1 aliphatic rings. The smallest absolute Gasteiger partial charge is 0.255 e. The van der Waals surface area contributed by atoms with Crippen LogP contribution in [0.15, 0.2) is 36.4 Å². The van der Waals surface area contributed by atoms with E-state index in [0.29, 0.717) is 41.9 Å². The molecule has 2 aromatic rings. The van der Waals surface area contributed by atoms with Gasteiger partial charge in [-0.3, -0.25) is 9.59 Å². The highest BCUT2D eigenvalue weighted by Gasteiger charge is 2.35. The molecule has 0 radical (unpaired) electrons. The lowest BCUT2D eigenvalue weighted by atomic mass is 10.1. The number of ether oxygens (including phenoxy) is 2. The molecule has 1 saturated heterocycles. The molecule has 0 bridgehead atoms. The van der Waals surface area contributed by atoms with Gasteiger partial charge in [-0.2, -0.15) is 0 Å². The molecule has 1 unspecified atom stereocenters. The van der Waals surface area contributed by atoms with Crippen LogP contribution >= 0.6 is 11.8 Å². The summed E-state index contributed by atoms with van der Waals surface area (Å²) in [6, 6.07) is 10.4. The average molecular weight is 429 g/mol. The molecule has 30 heavy (non-hydrogen) atoms. The third-order valence-corrected chi connectivity index (χ3v) is 6.02. The Bertz CT molecular complexity index is 931. The number of amides is 2. The summed E-state index contributed by atoms with van der Waals surface area (Å²) in [7, 11) is 0. The molecular formula is C23H28N2O4S.